The van der Waals surface area contributed by atoms with Crippen molar-refractivity contribution in [3.8, 4) is 0 Å². The summed E-state index contributed by atoms with van der Waals surface area (Å²) in [5.41, 5.74) is 0.829. The highest BCUT2D eigenvalue weighted by Gasteiger charge is 2.31. The van der Waals surface area contributed by atoms with Crippen molar-refractivity contribution in [2.24, 2.45) is 0 Å². The Morgan fingerprint density at radius 1 is 1.36 bits per heavy atom. The lowest BCUT2D eigenvalue weighted by Crippen LogP contribution is -2.43. The van der Waals surface area contributed by atoms with Crippen molar-refractivity contribution in [3.05, 3.63) is 18.0 Å². The first kappa shape index (κ1) is 17.4. The van der Waals surface area contributed by atoms with Gasteiger partial charge < -0.3 is 0 Å². The Kier molecular flexibility index (Phi) is 5.25. The first-order chi connectivity index (χ1) is 10.2. The molecule has 0 saturated carbocycles. The van der Waals surface area contributed by atoms with Crippen molar-refractivity contribution >= 4 is 20.0 Å². The molecule has 1 N–H and O–H groups in total. The quantitative estimate of drug-likeness (QED) is 0.741. The Balaban J connectivity index is 2.13. The molecule has 0 saturated heterocycles. The second-order valence-corrected chi connectivity index (χ2v) is 9.41. The second-order valence-electron chi connectivity index (χ2n) is 5.48. The Morgan fingerprint density at radius 2 is 2.09 bits per heavy atom. The minimum absolute atomic E-state index is 0.120. The maximum absolute atomic E-state index is 12.3. The molecule has 1 atom stereocenters. The molecule has 0 aliphatic carbocycles. The second kappa shape index (κ2) is 6.65. The van der Waals surface area contributed by atoms with Gasteiger partial charge in [-0.05, 0) is 18.9 Å². The number of hydrogen-bond donors (Lipinski definition) is 1. The molecule has 2 heterocycles. The van der Waals surface area contributed by atoms with E-state index in [9.17, 15) is 16.8 Å². The normalized spacial score (nSPS) is 20.0. The predicted molar refractivity (Wildman–Crippen MR) is 83.2 cm³/mol. The lowest BCUT2D eigenvalue weighted by molar-refractivity contribution is 0.256. The van der Waals surface area contributed by atoms with Gasteiger partial charge in [0.2, 0.25) is 20.0 Å². The number of nitrogens with zero attached hydrogens (tertiary/aromatic N) is 3. The minimum atomic E-state index is -3.29. The van der Waals surface area contributed by atoms with Crippen LogP contribution in [0.3, 0.4) is 0 Å². The van der Waals surface area contributed by atoms with Gasteiger partial charge in [-0.2, -0.15) is 9.40 Å². The first-order valence-corrected chi connectivity index (χ1v) is 10.7. The number of hydrogen-bond acceptors (Lipinski definition) is 5. The average Bonchev–Trinajstić information content (AvgIpc) is 2.85. The van der Waals surface area contributed by atoms with Crippen molar-refractivity contribution in [1.82, 2.24) is 18.8 Å². The van der Waals surface area contributed by atoms with Gasteiger partial charge in [-0.1, -0.05) is 6.92 Å². The molecule has 10 heteroatoms. The summed E-state index contributed by atoms with van der Waals surface area (Å²) in [6, 6.07) is 1.63. The van der Waals surface area contributed by atoms with E-state index in [1.54, 1.807) is 16.9 Å². The predicted octanol–water partition coefficient (Wildman–Crippen LogP) is -0.0811. The van der Waals surface area contributed by atoms with E-state index in [-0.39, 0.29) is 18.3 Å². The van der Waals surface area contributed by atoms with Gasteiger partial charge in [0.15, 0.2) is 0 Å². The molecule has 1 aromatic heterocycles. The van der Waals surface area contributed by atoms with E-state index in [0.29, 0.717) is 25.9 Å². The highest BCUT2D eigenvalue weighted by Crippen LogP contribution is 2.25. The van der Waals surface area contributed by atoms with Crippen molar-refractivity contribution < 1.29 is 16.8 Å². The Hall–Kier alpha value is -0.970. The van der Waals surface area contributed by atoms with Crippen molar-refractivity contribution in [3.63, 3.8) is 0 Å². The van der Waals surface area contributed by atoms with Gasteiger partial charge >= 0.3 is 0 Å². The molecule has 22 heavy (non-hydrogen) atoms. The zero-order chi connectivity index (χ0) is 16.4. The van der Waals surface area contributed by atoms with Gasteiger partial charge in [0.05, 0.1) is 30.3 Å². The van der Waals surface area contributed by atoms with Crippen LogP contribution in [-0.4, -0.2) is 56.0 Å². The van der Waals surface area contributed by atoms with Gasteiger partial charge in [-0.25, -0.2) is 21.6 Å². The molecule has 0 radical (unpaired) electrons. The smallest absolute Gasteiger partial charge is 0.214 e. The van der Waals surface area contributed by atoms with Crippen LogP contribution in [0.25, 0.3) is 0 Å². The van der Waals surface area contributed by atoms with E-state index in [1.807, 2.05) is 6.92 Å². The lowest BCUT2D eigenvalue weighted by atomic mass is 10.1. The van der Waals surface area contributed by atoms with Gasteiger partial charge in [0.1, 0.15) is 0 Å². The number of fused-ring (bicyclic) bond motifs is 1. The van der Waals surface area contributed by atoms with E-state index in [4.69, 9.17) is 0 Å². The van der Waals surface area contributed by atoms with Crippen LogP contribution in [0, 0.1) is 0 Å². The van der Waals surface area contributed by atoms with Gasteiger partial charge in [-0.15, -0.1) is 0 Å². The third-order valence-corrected chi connectivity index (χ3v) is 6.27. The minimum Gasteiger partial charge on any atom is -0.264 e. The van der Waals surface area contributed by atoms with Crippen LogP contribution in [0.2, 0.25) is 0 Å². The number of rotatable bonds is 7. The molecule has 126 valence electrons. The van der Waals surface area contributed by atoms with Gasteiger partial charge in [-0.3, -0.25) is 4.68 Å². The van der Waals surface area contributed by atoms with Crippen LogP contribution in [0.5, 0.6) is 0 Å². The molecule has 0 bridgehead atoms. The fourth-order valence-electron chi connectivity index (χ4n) is 2.58. The lowest BCUT2D eigenvalue weighted by Gasteiger charge is -2.33. The molecule has 0 spiro atoms. The van der Waals surface area contributed by atoms with E-state index < -0.39 is 20.0 Å². The van der Waals surface area contributed by atoms with Crippen molar-refractivity contribution in [2.75, 3.05) is 25.1 Å². The molecule has 1 aromatic rings. The van der Waals surface area contributed by atoms with Crippen LogP contribution in [0.15, 0.2) is 12.3 Å². The first-order valence-electron chi connectivity index (χ1n) is 7.18. The maximum atomic E-state index is 12.3. The van der Waals surface area contributed by atoms with Gasteiger partial charge in [0, 0.05) is 19.3 Å². The molecule has 1 unspecified atom stereocenters. The summed E-state index contributed by atoms with van der Waals surface area (Å²) >= 11 is 0. The SMILES string of the molecule is CCCS(=O)(=O)N1Cc2ccnn2C(CCNS(C)(=O)=O)C1. The Morgan fingerprint density at radius 3 is 2.73 bits per heavy atom. The van der Waals surface area contributed by atoms with E-state index in [2.05, 4.69) is 9.82 Å². The monoisotopic (exact) mass is 350 g/mol. The summed E-state index contributed by atoms with van der Waals surface area (Å²) in [5, 5.41) is 4.23. The van der Waals surface area contributed by atoms with E-state index in [0.717, 1.165) is 11.9 Å². The Labute approximate surface area is 131 Å². The number of sulfonamides is 2. The van der Waals surface area contributed by atoms with Crippen molar-refractivity contribution in [2.45, 2.75) is 32.4 Å². The Bertz CT molecular complexity index is 711. The largest absolute Gasteiger partial charge is 0.264 e. The van der Waals surface area contributed by atoms with E-state index in [1.165, 1.54) is 4.31 Å². The summed E-state index contributed by atoms with van der Waals surface area (Å²) < 4.78 is 52.5. The maximum Gasteiger partial charge on any atom is 0.214 e. The molecule has 0 fully saturated rings. The topological polar surface area (TPSA) is 101 Å². The van der Waals surface area contributed by atoms with Crippen LogP contribution < -0.4 is 4.72 Å². The summed E-state index contributed by atoms with van der Waals surface area (Å²) in [7, 11) is -6.54. The molecular weight excluding hydrogens is 328 g/mol. The molecule has 0 amide bonds. The molecule has 0 aromatic carbocycles. The fraction of sp³-hybridized carbons (Fsp3) is 0.750. The number of aromatic nitrogens is 2. The van der Waals surface area contributed by atoms with Crippen molar-refractivity contribution in [1.29, 1.82) is 0 Å². The van der Waals surface area contributed by atoms with Gasteiger partial charge in [0.25, 0.3) is 0 Å². The van der Waals surface area contributed by atoms with Crippen LogP contribution in [0.4, 0.5) is 0 Å². The molecular formula is C12H22N4O4S2. The summed E-state index contributed by atoms with van der Waals surface area (Å²) in [6.07, 6.45) is 3.80. The molecule has 1 aliphatic heterocycles. The third kappa shape index (κ3) is 4.28. The van der Waals surface area contributed by atoms with Crippen LogP contribution >= 0.6 is 0 Å². The molecule has 1 aliphatic rings. The zero-order valence-electron chi connectivity index (χ0n) is 12.8. The standard InChI is InChI=1S/C12H22N4O4S2/c1-3-8-22(19,20)15-9-11-4-6-13-16(11)12(10-15)5-7-14-21(2,17)18/h4,6,12,14H,3,5,7-10H2,1-2H3. The summed E-state index contributed by atoms with van der Waals surface area (Å²) in [6.45, 7) is 2.73. The fourth-order valence-corrected chi connectivity index (χ4v) is 4.57. The highest BCUT2D eigenvalue weighted by atomic mass is 32.2. The molecule has 2 rings (SSSR count). The van der Waals surface area contributed by atoms with Crippen LogP contribution in [-0.2, 0) is 26.6 Å². The zero-order valence-corrected chi connectivity index (χ0v) is 14.4. The molecule has 8 nitrogen and oxygen atoms in total. The van der Waals surface area contributed by atoms with E-state index >= 15 is 0 Å². The number of nitrogens with one attached hydrogen (secondary N) is 1. The summed E-state index contributed by atoms with van der Waals surface area (Å²) in [5.74, 6) is 0.120. The highest BCUT2D eigenvalue weighted by molar-refractivity contribution is 7.89. The third-order valence-electron chi connectivity index (χ3n) is 3.55. The summed E-state index contributed by atoms with van der Waals surface area (Å²) in [4.78, 5) is 0. The van der Waals surface area contributed by atoms with Crippen LogP contribution in [0.1, 0.15) is 31.5 Å². The average molecular weight is 350 g/mol.